The topological polar surface area (TPSA) is 55.2 Å². The first-order valence-corrected chi connectivity index (χ1v) is 5.90. The lowest BCUT2D eigenvalue weighted by molar-refractivity contribution is 0.207. The number of methoxy groups -OCH3 is 1. The highest BCUT2D eigenvalue weighted by Gasteiger charge is 2.18. The summed E-state index contributed by atoms with van der Waals surface area (Å²) in [6.45, 7) is 0. The largest absolute Gasteiger partial charge is 0.480 e. The van der Waals surface area contributed by atoms with Gasteiger partial charge in [-0.25, -0.2) is 9.37 Å². The summed E-state index contributed by atoms with van der Waals surface area (Å²) in [6, 6.07) is 4.37. The Bertz CT molecular complexity index is 566. The molecule has 0 saturated heterocycles. The summed E-state index contributed by atoms with van der Waals surface area (Å²) in [6.07, 6.45) is 1.81. The van der Waals surface area contributed by atoms with Gasteiger partial charge in [0.05, 0.1) is 11.6 Å². The molecule has 1 aromatic carbocycles. The first-order chi connectivity index (χ1) is 8.63. The van der Waals surface area contributed by atoms with Gasteiger partial charge in [0.2, 0.25) is 5.88 Å². The molecule has 2 aromatic rings. The second kappa shape index (κ2) is 5.41. The molecule has 1 atom stereocenters. The first-order valence-electron chi connectivity index (χ1n) is 5.11. The van der Waals surface area contributed by atoms with Crippen LogP contribution in [0, 0.1) is 5.82 Å². The summed E-state index contributed by atoms with van der Waals surface area (Å²) in [5, 5.41) is 10.2. The molecule has 0 bridgehead atoms. The highest BCUT2D eigenvalue weighted by molar-refractivity contribution is 9.10. The van der Waals surface area contributed by atoms with Gasteiger partial charge in [-0.2, -0.15) is 0 Å². The summed E-state index contributed by atoms with van der Waals surface area (Å²) in [5.41, 5.74) is 0.635. The molecule has 0 aliphatic heterocycles. The maximum Gasteiger partial charge on any atom is 0.238 e. The lowest BCUT2D eigenvalue weighted by Crippen LogP contribution is -2.06. The van der Waals surface area contributed by atoms with E-state index in [4.69, 9.17) is 4.74 Å². The average Bonchev–Trinajstić information content (AvgIpc) is 2.41. The van der Waals surface area contributed by atoms with Crippen LogP contribution in [0.15, 0.2) is 35.1 Å². The second-order valence-electron chi connectivity index (χ2n) is 3.53. The van der Waals surface area contributed by atoms with E-state index >= 15 is 0 Å². The summed E-state index contributed by atoms with van der Waals surface area (Å²) in [5.74, 6) is -0.234. The maximum absolute atomic E-state index is 13.4. The number of hydrogen-bond donors (Lipinski definition) is 1. The zero-order valence-electron chi connectivity index (χ0n) is 9.47. The first kappa shape index (κ1) is 12.9. The third-order valence-corrected chi connectivity index (χ3v) is 3.05. The molecule has 1 aromatic heterocycles. The van der Waals surface area contributed by atoms with Gasteiger partial charge in [0.1, 0.15) is 17.6 Å². The Kier molecular flexibility index (Phi) is 3.88. The van der Waals surface area contributed by atoms with E-state index in [0.29, 0.717) is 10.0 Å². The minimum Gasteiger partial charge on any atom is -0.480 e. The van der Waals surface area contributed by atoms with Crippen molar-refractivity contribution in [3.8, 4) is 5.88 Å². The van der Waals surface area contributed by atoms with Crippen molar-refractivity contribution in [1.82, 2.24) is 9.97 Å². The minimum atomic E-state index is -1.09. The molecule has 1 heterocycles. The fraction of sp³-hybridized carbons (Fsp3) is 0.167. The van der Waals surface area contributed by atoms with E-state index in [1.54, 1.807) is 6.07 Å². The minimum absolute atomic E-state index is 0.216. The van der Waals surface area contributed by atoms with Gasteiger partial charge in [0.25, 0.3) is 0 Å². The molecule has 2 rings (SSSR count). The van der Waals surface area contributed by atoms with Crippen LogP contribution < -0.4 is 4.74 Å². The number of aliphatic hydroxyl groups excluding tert-OH is 1. The molecule has 0 aliphatic carbocycles. The number of hydrogen-bond acceptors (Lipinski definition) is 4. The molecule has 0 saturated carbocycles. The monoisotopic (exact) mass is 312 g/mol. The van der Waals surface area contributed by atoms with Crippen LogP contribution in [0.4, 0.5) is 4.39 Å². The third-order valence-electron chi connectivity index (χ3n) is 2.40. The molecule has 94 valence electrons. The Morgan fingerprint density at radius 3 is 2.72 bits per heavy atom. The van der Waals surface area contributed by atoms with Crippen molar-refractivity contribution in [2.75, 3.05) is 7.11 Å². The standard InChI is InChI=1S/C12H10BrFN2O2/c1-18-12-10(15-4-5-16-12)11(17)7-2-3-8(13)9(14)6-7/h2-6,11,17H,1H3. The number of benzene rings is 1. The van der Waals surface area contributed by atoms with Crippen molar-refractivity contribution in [1.29, 1.82) is 0 Å². The Balaban J connectivity index is 2.41. The molecule has 0 radical (unpaired) electrons. The van der Waals surface area contributed by atoms with Crippen molar-refractivity contribution < 1.29 is 14.2 Å². The normalized spacial score (nSPS) is 12.2. The van der Waals surface area contributed by atoms with Gasteiger partial charge in [0.15, 0.2) is 0 Å². The van der Waals surface area contributed by atoms with Gasteiger partial charge in [-0.05, 0) is 33.6 Å². The third kappa shape index (κ3) is 2.49. The van der Waals surface area contributed by atoms with E-state index < -0.39 is 11.9 Å². The predicted octanol–water partition coefficient (Wildman–Crippen LogP) is 2.47. The molecule has 0 spiro atoms. The summed E-state index contributed by atoms with van der Waals surface area (Å²) in [7, 11) is 1.43. The smallest absolute Gasteiger partial charge is 0.238 e. The van der Waals surface area contributed by atoms with E-state index in [9.17, 15) is 9.50 Å². The van der Waals surface area contributed by atoms with Crippen LogP contribution in [0.3, 0.4) is 0 Å². The number of aromatic nitrogens is 2. The van der Waals surface area contributed by atoms with Crippen molar-refractivity contribution in [3.63, 3.8) is 0 Å². The Hall–Kier alpha value is -1.53. The van der Waals surface area contributed by atoms with Gasteiger partial charge >= 0.3 is 0 Å². The Morgan fingerprint density at radius 2 is 2.06 bits per heavy atom. The molecule has 1 unspecified atom stereocenters. The highest BCUT2D eigenvalue weighted by atomic mass is 79.9. The van der Waals surface area contributed by atoms with Crippen LogP contribution in [-0.2, 0) is 0 Å². The number of rotatable bonds is 3. The molecule has 1 N–H and O–H groups in total. The van der Waals surface area contributed by atoms with Crippen LogP contribution in [0.1, 0.15) is 17.4 Å². The van der Waals surface area contributed by atoms with Gasteiger partial charge in [-0.3, -0.25) is 4.98 Å². The molecule has 0 aliphatic rings. The van der Waals surface area contributed by atoms with Gasteiger partial charge in [-0.15, -0.1) is 0 Å². The SMILES string of the molecule is COc1nccnc1C(O)c1ccc(Br)c(F)c1. The maximum atomic E-state index is 13.4. The average molecular weight is 313 g/mol. The van der Waals surface area contributed by atoms with Gasteiger partial charge in [0, 0.05) is 12.4 Å². The molecule has 6 heteroatoms. The van der Waals surface area contributed by atoms with Crippen molar-refractivity contribution in [3.05, 3.63) is 52.1 Å². The lowest BCUT2D eigenvalue weighted by atomic mass is 10.1. The summed E-state index contributed by atoms with van der Waals surface area (Å²) in [4.78, 5) is 7.94. The Labute approximate surface area is 112 Å². The van der Waals surface area contributed by atoms with Crippen LogP contribution in [0.25, 0.3) is 0 Å². The summed E-state index contributed by atoms with van der Waals surface area (Å²) < 4.78 is 18.8. The van der Waals surface area contributed by atoms with Crippen LogP contribution in [0.5, 0.6) is 5.88 Å². The predicted molar refractivity (Wildman–Crippen MR) is 66.7 cm³/mol. The van der Waals surface area contributed by atoms with E-state index in [1.807, 2.05) is 0 Å². The molecule has 0 fully saturated rings. The number of aliphatic hydroxyl groups is 1. The Morgan fingerprint density at radius 1 is 1.33 bits per heavy atom. The van der Waals surface area contributed by atoms with Crippen molar-refractivity contribution >= 4 is 15.9 Å². The van der Waals surface area contributed by atoms with Crippen LogP contribution >= 0.6 is 15.9 Å². The number of halogens is 2. The molecular weight excluding hydrogens is 303 g/mol. The van der Waals surface area contributed by atoms with Gasteiger partial charge in [-0.1, -0.05) is 6.07 Å². The van der Waals surface area contributed by atoms with Crippen LogP contribution in [0.2, 0.25) is 0 Å². The number of ether oxygens (including phenoxy) is 1. The van der Waals surface area contributed by atoms with E-state index in [1.165, 1.54) is 31.6 Å². The van der Waals surface area contributed by atoms with E-state index in [0.717, 1.165) is 0 Å². The molecule has 4 nitrogen and oxygen atoms in total. The fourth-order valence-corrected chi connectivity index (χ4v) is 1.77. The number of nitrogens with zero attached hydrogens (tertiary/aromatic N) is 2. The van der Waals surface area contributed by atoms with Crippen LogP contribution in [-0.4, -0.2) is 22.2 Å². The fourth-order valence-electron chi connectivity index (χ4n) is 1.52. The van der Waals surface area contributed by atoms with E-state index in [2.05, 4.69) is 25.9 Å². The molecule has 18 heavy (non-hydrogen) atoms. The highest BCUT2D eigenvalue weighted by Crippen LogP contribution is 2.28. The molecular formula is C12H10BrFN2O2. The summed E-state index contributed by atoms with van der Waals surface area (Å²) >= 11 is 3.05. The zero-order valence-corrected chi connectivity index (χ0v) is 11.1. The quantitative estimate of drug-likeness (QED) is 0.946. The molecule has 0 amide bonds. The second-order valence-corrected chi connectivity index (χ2v) is 4.38. The van der Waals surface area contributed by atoms with Crippen molar-refractivity contribution in [2.24, 2.45) is 0 Å². The lowest BCUT2D eigenvalue weighted by Gasteiger charge is -2.13. The van der Waals surface area contributed by atoms with Gasteiger partial charge < -0.3 is 9.84 Å². The van der Waals surface area contributed by atoms with Crippen molar-refractivity contribution in [2.45, 2.75) is 6.10 Å². The van der Waals surface area contributed by atoms with E-state index in [-0.39, 0.29) is 11.6 Å². The zero-order chi connectivity index (χ0) is 13.1.